The molecule has 1 N–H and O–H groups in total. The van der Waals surface area contributed by atoms with Crippen LogP contribution in [0.25, 0.3) is 10.8 Å². The van der Waals surface area contributed by atoms with Crippen LogP contribution < -0.4 is 5.32 Å². The molecule has 66 valence electrons. The van der Waals surface area contributed by atoms with Gasteiger partial charge in [0.25, 0.3) is 0 Å². The van der Waals surface area contributed by atoms with Crippen molar-refractivity contribution in [2.45, 2.75) is 0 Å². The minimum Gasteiger partial charge on any atom is -0.373 e. The van der Waals surface area contributed by atoms with Gasteiger partial charge in [0, 0.05) is 28.5 Å². The highest BCUT2D eigenvalue weighted by Crippen LogP contribution is 2.27. The molecule has 0 saturated carbocycles. The first-order valence-electron chi connectivity index (χ1n) is 4.04. The molecule has 0 aliphatic heterocycles. The van der Waals surface area contributed by atoms with Crippen LogP contribution in [-0.2, 0) is 0 Å². The minimum absolute atomic E-state index is 0.916. The molecule has 0 radical (unpaired) electrons. The summed E-state index contributed by atoms with van der Waals surface area (Å²) in [5.41, 5.74) is 0. The number of hydrogen-bond acceptors (Lipinski definition) is 2. The van der Waals surface area contributed by atoms with E-state index in [-0.39, 0.29) is 0 Å². The van der Waals surface area contributed by atoms with E-state index < -0.39 is 0 Å². The largest absolute Gasteiger partial charge is 0.373 e. The van der Waals surface area contributed by atoms with E-state index in [4.69, 9.17) is 0 Å². The van der Waals surface area contributed by atoms with Gasteiger partial charge in [-0.05, 0) is 15.9 Å². The maximum Gasteiger partial charge on any atom is 0.133 e. The van der Waals surface area contributed by atoms with Gasteiger partial charge in [0.1, 0.15) is 5.82 Å². The maximum absolute atomic E-state index is 4.27. The van der Waals surface area contributed by atoms with E-state index in [1.807, 2.05) is 25.4 Å². The summed E-state index contributed by atoms with van der Waals surface area (Å²) in [7, 11) is 1.88. The zero-order valence-electron chi connectivity index (χ0n) is 7.21. The molecular formula is C10H9BrN2. The molecule has 0 spiro atoms. The first-order valence-corrected chi connectivity index (χ1v) is 4.83. The van der Waals surface area contributed by atoms with Crippen molar-refractivity contribution in [2.24, 2.45) is 0 Å². The lowest BCUT2D eigenvalue weighted by Gasteiger charge is -2.05. The van der Waals surface area contributed by atoms with Crippen molar-refractivity contribution in [1.82, 2.24) is 4.98 Å². The highest BCUT2D eigenvalue weighted by Gasteiger charge is 2.02. The third kappa shape index (κ3) is 1.40. The fourth-order valence-electron chi connectivity index (χ4n) is 1.36. The van der Waals surface area contributed by atoms with Gasteiger partial charge in [0.2, 0.25) is 0 Å². The Morgan fingerprint density at radius 2 is 1.92 bits per heavy atom. The van der Waals surface area contributed by atoms with Gasteiger partial charge in [-0.25, -0.2) is 4.98 Å². The van der Waals surface area contributed by atoms with Gasteiger partial charge < -0.3 is 5.32 Å². The predicted octanol–water partition coefficient (Wildman–Crippen LogP) is 3.04. The van der Waals surface area contributed by atoms with Crippen molar-refractivity contribution in [2.75, 3.05) is 12.4 Å². The summed E-state index contributed by atoms with van der Waals surface area (Å²) in [6.07, 6.45) is 1.81. The summed E-state index contributed by atoms with van der Waals surface area (Å²) < 4.78 is 1.03. The lowest BCUT2D eigenvalue weighted by atomic mass is 10.1. The molecule has 2 rings (SSSR count). The van der Waals surface area contributed by atoms with Crippen LogP contribution in [0.5, 0.6) is 0 Å². The van der Waals surface area contributed by atoms with E-state index in [1.54, 1.807) is 0 Å². The van der Waals surface area contributed by atoms with Crippen molar-refractivity contribution >= 4 is 32.5 Å². The first kappa shape index (κ1) is 8.51. The van der Waals surface area contributed by atoms with Crippen LogP contribution in [0.2, 0.25) is 0 Å². The number of benzene rings is 1. The number of nitrogens with one attached hydrogen (secondary N) is 1. The summed E-state index contributed by atoms with van der Waals surface area (Å²) in [5, 5.41) is 5.39. The van der Waals surface area contributed by atoms with Crippen molar-refractivity contribution < 1.29 is 0 Å². The Balaban J connectivity index is 2.84. The second-order valence-electron chi connectivity index (χ2n) is 2.75. The van der Waals surface area contributed by atoms with Crippen molar-refractivity contribution in [3.63, 3.8) is 0 Å². The Hall–Kier alpha value is -1.09. The molecule has 2 aromatic rings. The van der Waals surface area contributed by atoms with Crippen LogP contribution in [0, 0.1) is 0 Å². The predicted molar refractivity (Wildman–Crippen MR) is 59.0 cm³/mol. The standard InChI is InChI=1S/C10H9BrN2/c1-12-10-8-5-3-2-4-7(8)9(11)6-13-10/h2-6H,1H3,(H,12,13). The molecule has 0 bridgehead atoms. The third-order valence-corrected chi connectivity index (χ3v) is 2.62. The number of pyridine rings is 1. The van der Waals surface area contributed by atoms with E-state index in [2.05, 4.69) is 38.4 Å². The Kier molecular flexibility index (Phi) is 2.19. The summed E-state index contributed by atoms with van der Waals surface area (Å²) in [5.74, 6) is 0.916. The molecule has 0 aliphatic rings. The van der Waals surface area contributed by atoms with Crippen LogP contribution in [0.15, 0.2) is 34.9 Å². The molecule has 0 atom stereocenters. The molecule has 0 saturated heterocycles. The summed E-state index contributed by atoms with van der Waals surface area (Å²) in [4.78, 5) is 4.27. The lowest BCUT2D eigenvalue weighted by molar-refractivity contribution is 1.30. The van der Waals surface area contributed by atoms with E-state index in [9.17, 15) is 0 Å². The van der Waals surface area contributed by atoms with Gasteiger partial charge >= 0.3 is 0 Å². The molecule has 0 fully saturated rings. The number of anilines is 1. The smallest absolute Gasteiger partial charge is 0.133 e. The molecule has 0 amide bonds. The monoisotopic (exact) mass is 236 g/mol. The van der Waals surface area contributed by atoms with Gasteiger partial charge in [0.15, 0.2) is 0 Å². The quantitative estimate of drug-likeness (QED) is 0.824. The Labute approximate surface area is 85.1 Å². The van der Waals surface area contributed by atoms with Gasteiger partial charge in [-0.3, -0.25) is 0 Å². The number of rotatable bonds is 1. The second kappa shape index (κ2) is 3.34. The van der Waals surface area contributed by atoms with Gasteiger partial charge in [-0.2, -0.15) is 0 Å². The molecule has 1 aromatic heterocycles. The Morgan fingerprint density at radius 3 is 2.62 bits per heavy atom. The van der Waals surface area contributed by atoms with Crippen LogP contribution in [0.3, 0.4) is 0 Å². The molecule has 1 aromatic carbocycles. The molecule has 3 heteroatoms. The highest BCUT2D eigenvalue weighted by molar-refractivity contribution is 9.10. The van der Waals surface area contributed by atoms with Crippen molar-refractivity contribution in [3.05, 3.63) is 34.9 Å². The summed E-state index contributed by atoms with van der Waals surface area (Å²) in [6, 6.07) is 8.16. The second-order valence-corrected chi connectivity index (χ2v) is 3.60. The molecule has 0 unspecified atom stereocenters. The fourth-order valence-corrected chi connectivity index (χ4v) is 1.81. The summed E-state index contributed by atoms with van der Waals surface area (Å²) >= 11 is 3.47. The molecule has 2 nitrogen and oxygen atoms in total. The zero-order valence-corrected chi connectivity index (χ0v) is 8.80. The average molecular weight is 237 g/mol. The van der Waals surface area contributed by atoms with E-state index >= 15 is 0 Å². The van der Waals surface area contributed by atoms with Crippen molar-refractivity contribution in [3.8, 4) is 0 Å². The minimum atomic E-state index is 0.916. The van der Waals surface area contributed by atoms with Gasteiger partial charge in [0.05, 0.1) is 0 Å². The Morgan fingerprint density at radius 1 is 1.23 bits per heavy atom. The molecule has 13 heavy (non-hydrogen) atoms. The SMILES string of the molecule is CNc1ncc(Br)c2ccccc12. The van der Waals surface area contributed by atoms with Gasteiger partial charge in [-0.1, -0.05) is 24.3 Å². The number of hydrogen-bond donors (Lipinski definition) is 1. The van der Waals surface area contributed by atoms with Gasteiger partial charge in [-0.15, -0.1) is 0 Å². The molecule has 1 heterocycles. The Bertz CT molecular complexity index is 440. The highest BCUT2D eigenvalue weighted by atomic mass is 79.9. The lowest BCUT2D eigenvalue weighted by Crippen LogP contribution is -1.93. The van der Waals surface area contributed by atoms with Crippen LogP contribution in [0.4, 0.5) is 5.82 Å². The van der Waals surface area contributed by atoms with Crippen molar-refractivity contribution in [1.29, 1.82) is 0 Å². The zero-order chi connectivity index (χ0) is 9.26. The van der Waals surface area contributed by atoms with Crippen LogP contribution in [0.1, 0.15) is 0 Å². The van der Waals surface area contributed by atoms with E-state index in [0.717, 1.165) is 15.7 Å². The van der Waals surface area contributed by atoms with Crippen LogP contribution in [-0.4, -0.2) is 12.0 Å². The number of fused-ring (bicyclic) bond motifs is 1. The van der Waals surface area contributed by atoms with E-state index in [0.29, 0.717) is 0 Å². The molecular weight excluding hydrogens is 228 g/mol. The fraction of sp³-hybridized carbons (Fsp3) is 0.100. The first-order chi connectivity index (χ1) is 6.33. The summed E-state index contributed by atoms with van der Waals surface area (Å²) in [6.45, 7) is 0. The topological polar surface area (TPSA) is 24.9 Å². The normalized spacial score (nSPS) is 10.3. The molecule has 0 aliphatic carbocycles. The number of halogens is 1. The number of nitrogens with zero attached hydrogens (tertiary/aromatic N) is 1. The van der Waals surface area contributed by atoms with E-state index in [1.165, 1.54) is 5.39 Å². The average Bonchev–Trinajstić information content (AvgIpc) is 2.19. The number of aromatic nitrogens is 1. The third-order valence-electron chi connectivity index (χ3n) is 1.98. The van der Waals surface area contributed by atoms with Crippen LogP contribution >= 0.6 is 15.9 Å². The maximum atomic E-state index is 4.27.